The van der Waals surface area contributed by atoms with Gasteiger partial charge in [-0.15, -0.1) is 0 Å². The molecule has 1 saturated heterocycles. The summed E-state index contributed by atoms with van der Waals surface area (Å²) in [5, 5.41) is 9.58. The highest BCUT2D eigenvalue weighted by Crippen LogP contribution is 2.32. The van der Waals surface area contributed by atoms with Gasteiger partial charge in [0, 0.05) is 13.7 Å². The second kappa shape index (κ2) is 6.31. The van der Waals surface area contributed by atoms with Gasteiger partial charge in [0.2, 0.25) is 10.0 Å². The van der Waals surface area contributed by atoms with E-state index in [2.05, 4.69) is 4.72 Å². The molecule has 2 rings (SSSR count). The number of ether oxygens (including phenoxy) is 2. The van der Waals surface area contributed by atoms with E-state index < -0.39 is 21.4 Å². The van der Waals surface area contributed by atoms with Crippen molar-refractivity contribution in [3.05, 3.63) is 28.8 Å². The topological polar surface area (TPSA) is 84.9 Å². The van der Waals surface area contributed by atoms with Gasteiger partial charge in [-0.2, -0.15) is 0 Å². The number of methoxy groups -OCH3 is 1. The molecule has 0 aromatic heterocycles. The lowest BCUT2D eigenvalue weighted by molar-refractivity contribution is 0.0500. The van der Waals surface area contributed by atoms with E-state index in [0.717, 1.165) is 11.1 Å². The summed E-state index contributed by atoms with van der Waals surface area (Å²) < 4.78 is 36.5. The molecule has 0 spiro atoms. The van der Waals surface area contributed by atoms with Crippen molar-refractivity contribution < 1.29 is 23.0 Å². The maximum atomic E-state index is 11.8. The normalized spacial score (nSPS) is 22.2. The number of nitrogens with one attached hydrogen (secondary N) is 1. The lowest BCUT2D eigenvalue weighted by atomic mass is 9.99. The molecule has 0 radical (unpaired) electrons. The van der Waals surface area contributed by atoms with Gasteiger partial charge in [0.05, 0.1) is 6.10 Å². The van der Waals surface area contributed by atoms with Crippen LogP contribution < -0.4 is 9.46 Å². The second-order valence-corrected chi connectivity index (χ2v) is 7.23. The minimum atomic E-state index is -3.44. The van der Waals surface area contributed by atoms with Gasteiger partial charge in [0.1, 0.15) is 11.0 Å². The Balaban J connectivity index is 2.29. The third kappa shape index (κ3) is 3.37. The van der Waals surface area contributed by atoms with Crippen LogP contribution in [0.4, 0.5) is 0 Å². The quantitative estimate of drug-likeness (QED) is 0.792. The first-order chi connectivity index (χ1) is 9.86. The Kier molecular flexibility index (Phi) is 4.88. The predicted octanol–water partition coefficient (Wildman–Crippen LogP) is 1.01. The van der Waals surface area contributed by atoms with E-state index in [1.165, 1.54) is 0 Å². The van der Waals surface area contributed by atoms with Crippen molar-refractivity contribution in [3.8, 4) is 5.75 Å². The SMILES string of the molecule is COCOc1c(C)cc(C(O)C2CCNS2(=O)=O)cc1C. The standard InChI is InChI=1S/C14H21NO5S/c1-9-6-11(7-10(2)14(9)20-8-19-3)13(16)12-4-5-15-21(12,17)18/h6-7,12-13,15-16H,4-5,8H2,1-3H3. The molecule has 1 heterocycles. The molecule has 1 fully saturated rings. The molecule has 2 N–H and O–H groups in total. The van der Waals surface area contributed by atoms with E-state index in [0.29, 0.717) is 24.3 Å². The van der Waals surface area contributed by atoms with Gasteiger partial charge >= 0.3 is 0 Å². The number of hydrogen-bond donors (Lipinski definition) is 2. The molecule has 2 unspecified atom stereocenters. The second-order valence-electron chi connectivity index (χ2n) is 5.25. The summed E-state index contributed by atoms with van der Waals surface area (Å²) in [7, 11) is -1.89. The van der Waals surface area contributed by atoms with Crippen molar-refractivity contribution in [2.45, 2.75) is 31.6 Å². The Morgan fingerprint density at radius 2 is 2.00 bits per heavy atom. The Bertz CT molecular complexity index is 591. The lowest BCUT2D eigenvalue weighted by Crippen LogP contribution is -2.28. The Labute approximate surface area is 125 Å². The molecule has 0 saturated carbocycles. The summed E-state index contributed by atoms with van der Waals surface area (Å²) in [5.74, 6) is 0.695. The number of aliphatic hydroxyl groups excluding tert-OH is 1. The van der Waals surface area contributed by atoms with E-state index in [4.69, 9.17) is 9.47 Å². The summed E-state index contributed by atoms with van der Waals surface area (Å²) in [5.41, 5.74) is 2.26. The maximum Gasteiger partial charge on any atom is 0.217 e. The number of aryl methyl sites for hydroxylation is 2. The molecule has 118 valence electrons. The van der Waals surface area contributed by atoms with Crippen molar-refractivity contribution in [2.24, 2.45) is 0 Å². The molecule has 1 aromatic carbocycles. The largest absolute Gasteiger partial charge is 0.467 e. The monoisotopic (exact) mass is 315 g/mol. The van der Waals surface area contributed by atoms with E-state index in [-0.39, 0.29) is 6.79 Å². The third-order valence-corrected chi connectivity index (χ3v) is 5.53. The average Bonchev–Trinajstić information content (AvgIpc) is 2.76. The van der Waals surface area contributed by atoms with E-state index in [9.17, 15) is 13.5 Å². The minimum absolute atomic E-state index is 0.143. The number of sulfonamides is 1. The van der Waals surface area contributed by atoms with Crippen LogP contribution in [0, 0.1) is 13.8 Å². The van der Waals surface area contributed by atoms with E-state index in [1.807, 2.05) is 13.8 Å². The Hall–Kier alpha value is -1.15. The fourth-order valence-corrected chi connectivity index (χ4v) is 4.19. The first-order valence-corrected chi connectivity index (χ1v) is 8.31. The van der Waals surface area contributed by atoms with Crippen LogP contribution in [0.2, 0.25) is 0 Å². The number of aliphatic hydroxyl groups is 1. The summed E-state index contributed by atoms with van der Waals surface area (Å²) in [6, 6.07) is 3.52. The fourth-order valence-electron chi connectivity index (χ4n) is 2.65. The Morgan fingerprint density at radius 1 is 1.38 bits per heavy atom. The summed E-state index contributed by atoms with van der Waals surface area (Å²) >= 11 is 0. The fraction of sp³-hybridized carbons (Fsp3) is 0.571. The van der Waals surface area contributed by atoms with Crippen molar-refractivity contribution in [3.63, 3.8) is 0 Å². The van der Waals surface area contributed by atoms with Gasteiger partial charge in [0.15, 0.2) is 6.79 Å². The van der Waals surface area contributed by atoms with Gasteiger partial charge in [-0.05, 0) is 49.1 Å². The zero-order valence-electron chi connectivity index (χ0n) is 12.4. The molecule has 0 bridgehead atoms. The number of benzene rings is 1. The highest BCUT2D eigenvalue weighted by Gasteiger charge is 2.37. The first-order valence-electron chi connectivity index (χ1n) is 6.76. The molecule has 1 aliphatic rings. The van der Waals surface area contributed by atoms with Crippen LogP contribution >= 0.6 is 0 Å². The number of hydrogen-bond acceptors (Lipinski definition) is 5. The minimum Gasteiger partial charge on any atom is -0.467 e. The first kappa shape index (κ1) is 16.2. The molecular formula is C14H21NO5S. The van der Waals surface area contributed by atoms with Crippen LogP contribution in [0.5, 0.6) is 5.75 Å². The van der Waals surface area contributed by atoms with E-state index in [1.54, 1.807) is 19.2 Å². The van der Waals surface area contributed by atoms with Crippen LogP contribution in [0.1, 0.15) is 29.2 Å². The zero-order valence-corrected chi connectivity index (χ0v) is 13.2. The smallest absolute Gasteiger partial charge is 0.217 e. The van der Waals surface area contributed by atoms with Crippen molar-refractivity contribution in [1.82, 2.24) is 4.72 Å². The maximum absolute atomic E-state index is 11.8. The van der Waals surface area contributed by atoms with Gasteiger partial charge in [-0.1, -0.05) is 0 Å². The summed E-state index contributed by atoms with van der Waals surface area (Å²) in [4.78, 5) is 0. The van der Waals surface area contributed by atoms with E-state index >= 15 is 0 Å². The van der Waals surface area contributed by atoms with Crippen LogP contribution in [0.25, 0.3) is 0 Å². The zero-order chi connectivity index (χ0) is 15.6. The van der Waals surface area contributed by atoms with Crippen molar-refractivity contribution in [2.75, 3.05) is 20.4 Å². The predicted molar refractivity (Wildman–Crippen MR) is 78.7 cm³/mol. The van der Waals surface area contributed by atoms with Crippen molar-refractivity contribution >= 4 is 10.0 Å². The summed E-state index contributed by atoms with van der Waals surface area (Å²) in [6.45, 7) is 4.23. The molecular weight excluding hydrogens is 294 g/mol. The molecule has 1 aliphatic heterocycles. The molecule has 21 heavy (non-hydrogen) atoms. The van der Waals surface area contributed by atoms with Gasteiger partial charge < -0.3 is 14.6 Å². The lowest BCUT2D eigenvalue weighted by Gasteiger charge is -2.20. The molecule has 0 amide bonds. The molecule has 7 heteroatoms. The van der Waals surface area contributed by atoms with Crippen LogP contribution in [-0.4, -0.2) is 39.2 Å². The Morgan fingerprint density at radius 3 is 2.48 bits per heavy atom. The molecule has 0 aliphatic carbocycles. The average molecular weight is 315 g/mol. The van der Waals surface area contributed by atoms with Gasteiger partial charge in [0.25, 0.3) is 0 Å². The molecule has 1 aromatic rings. The van der Waals surface area contributed by atoms with Crippen molar-refractivity contribution in [1.29, 1.82) is 0 Å². The van der Waals surface area contributed by atoms with Gasteiger partial charge in [-0.25, -0.2) is 13.1 Å². The highest BCUT2D eigenvalue weighted by atomic mass is 32.2. The number of rotatable bonds is 5. The van der Waals surface area contributed by atoms with Crippen LogP contribution in [0.3, 0.4) is 0 Å². The summed E-state index contributed by atoms with van der Waals surface area (Å²) in [6.07, 6.45) is -0.636. The third-order valence-electron chi connectivity index (χ3n) is 3.63. The highest BCUT2D eigenvalue weighted by molar-refractivity contribution is 7.90. The molecule has 2 atom stereocenters. The van der Waals surface area contributed by atoms with Gasteiger partial charge in [-0.3, -0.25) is 0 Å². The molecule has 6 nitrogen and oxygen atoms in total. The van der Waals surface area contributed by atoms with Crippen LogP contribution in [-0.2, 0) is 14.8 Å². The van der Waals surface area contributed by atoms with Crippen LogP contribution in [0.15, 0.2) is 12.1 Å².